The predicted molar refractivity (Wildman–Crippen MR) is 78.6 cm³/mol. The van der Waals surface area contributed by atoms with Crippen molar-refractivity contribution in [1.82, 2.24) is 19.8 Å². The van der Waals surface area contributed by atoms with Gasteiger partial charge >= 0.3 is 6.03 Å². The van der Waals surface area contributed by atoms with E-state index in [0.29, 0.717) is 25.7 Å². The highest BCUT2D eigenvalue weighted by molar-refractivity contribution is 5.73. The van der Waals surface area contributed by atoms with Gasteiger partial charge in [0.05, 0.1) is 12.6 Å². The van der Waals surface area contributed by atoms with Crippen molar-refractivity contribution in [2.75, 3.05) is 20.2 Å². The molecule has 0 saturated heterocycles. The zero-order chi connectivity index (χ0) is 15.1. The molecule has 0 aliphatic carbocycles. The third-order valence-corrected chi connectivity index (χ3v) is 3.03. The van der Waals surface area contributed by atoms with Crippen LogP contribution in [0.15, 0.2) is 12.4 Å². The first-order chi connectivity index (χ1) is 9.45. The van der Waals surface area contributed by atoms with E-state index in [-0.39, 0.29) is 12.1 Å². The molecule has 1 unspecified atom stereocenters. The molecule has 6 nitrogen and oxygen atoms in total. The van der Waals surface area contributed by atoms with Gasteiger partial charge in [-0.1, -0.05) is 0 Å². The normalized spacial score (nSPS) is 12.5. The fraction of sp³-hybridized carbons (Fsp3) is 0.714. The summed E-state index contributed by atoms with van der Waals surface area (Å²) in [5.41, 5.74) is 0. The van der Waals surface area contributed by atoms with Gasteiger partial charge in [-0.25, -0.2) is 9.78 Å². The number of amides is 2. The van der Waals surface area contributed by atoms with Crippen LogP contribution in [0.25, 0.3) is 0 Å². The molecule has 20 heavy (non-hydrogen) atoms. The van der Waals surface area contributed by atoms with Crippen LogP contribution in [0.3, 0.4) is 0 Å². The van der Waals surface area contributed by atoms with Crippen molar-refractivity contribution >= 4 is 6.03 Å². The van der Waals surface area contributed by atoms with E-state index in [0.717, 1.165) is 5.82 Å². The zero-order valence-corrected chi connectivity index (χ0v) is 13.1. The zero-order valence-electron chi connectivity index (χ0n) is 13.1. The molecule has 0 fully saturated rings. The third-order valence-electron chi connectivity index (χ3n) is 3.03. The van der Waals surface area contributed by atoms with Gasteiger partial charge in [0, 0.05) is 38.6 Å². The molecular formula is C14H26N4O2. The number of imidazole rings is 1. The Kier molecular flexibility index (Phi) is 6.51. The van der Waals surface area contributed by atoms with Gasteiger partial charge in [-0.05, 0) is 27.7 Å². The number of carbonyl (C=O) groups is 1. The van der Waals surface area contributed by atoms with Crippen LogP contribution in [0.4, 0.5) is 4.79 Å². The highest BCUT2D eigenvalue weighted by Crippen LogP contribution is 2.07. The Balaban J connectivity index is 2.44. The van der Waals surface area contributed by atoms with Gasteiger partial charge in [0.2, 0.25) is 0 Å². The fourth-order valence-electron chi connectivity index (χ4n) is 2.05. The molecule has 0 aliphatic heterocycles. The number of nitrogens with zero attached hydrogens (tertiary/aromatic N) is 3. The molecule has 1 N–H and O–H groups in total. The van der Waals surface area contributed by atoms with Crippen LogP contribution in [0.5, 0.6) is 0 Å². The first kappa shape index (κ1) is 16.5. The van der Waals surface area contributed by atoms with Crippen molar-refractivity contribution in [3.05, 3.63) is 18.2 Å². The lowest BCUT2D eigenvalue weighted by atomic mass is 10.3. The Morgan fingerprint density at radius 3 is 2.80 bits per heavy atom. The molecule has 0 spiro atoms. The maximum atomic E-state index is 12.0. The summed E-state index contributed by atoms with van der Waals surface area (Å²) in [6, 6.07) is 0.218. The maximum Gasteiger partial charge on any atom is 0.317 e. The van der Waals surface area contributed by atoms with Crippen LogP contribution >= 0.6 is 0 Å². The van der Waals surface area contributed by atoms with E-state index < -0.39 is 0 Å². The summed E-state index contributed by atoms with van der Waals surface area (Å²) in [7, 11) is 1.76. The smallest absolute Gasteiger partial charge is 0.317 e. The molecule has 0 aliphatic rings. The van der Waals surface area contributed by atoms with E-state index in [1.165, 1.54) is 0 Å². The highest BCUT2D eigenvalue weighted by atomic mass is 16.5. The third kappa shape index (κ3) is 4.85. The molecule has 0 aromatic carbocycles. The topological polar surface area (TPSA) is 59.4 Å². The van der Waals surface area contributed by atoms with E-state index >= 15 is 0 Å². The van der Waals surface area contributed by atoms with Gasteiger partial charge in [-0.2, -0.15) is 0 Å². The molecule has 1 atom stereocenters. The Bertz CT molecular complexity index is 417. The van der Waals surface area contributed by atoms with Crippen LogP contribution < -0.4 is 5.32 Å². The summed E-state index contributed by atoms with van der Waals surface area (Å²) in [5, 5.41) is 2.88. The van der Waals surface area contributed by atoms with E-state index in [1.54, 1.807) is 18.1 Å². The van der Waals surface area contributed by atoms with E-state index in [4.69, 9.17) is 4.74 Å². The van der Waals surface area contributed by atoms with Crippen molar-refractivity contribution in [2.45, 2.75) is 46.4 Å². The lowest BCUT2D eigenvalue weighted by molar-refractivity contribution is 0.0580. The monoisotopic (exact) mass is 282 g/mol. The van der Waals surface area contributed by atoms with Crippen LogP contribution in [0.1, 0.15) is 39.6 Å². The van der Waals surface area contributed by atoms with E-state index in [2.05, 4.69) is 24.1 Å². The fourth-order valence-corrected chi connectivity index (χ4v) is 2.05. The summed E-state index contributed by atoms with van der Waals surface area (Å²) < 4.78 is 7.47. The largest absolute Gasteiger partial charge is 0.377 e. The number of rotatable bonds is 7. The number of carbonyl (C=O) groups excluding carboxylic acids is 1. The highest BCUT2D eigenvalue weighted by Gasteiger charge is 2.13. The molecule has 0 saturated carbocycles. The van der Waals surface area contributed by atoms with Gasteiger partial charge in [0.1, 0.15) is 5.82 Å². The number of urea groups is 1. The SMILES string of the molecule is CCOC(C)CN(C)C(=O)NCc1nccn1C(C)C. The summed E-state index contributed by atoms with van der Waals surface area (Å²) in [4.78, 5) is 17.9. The Hall–Kier alpha value is -1.56. The van der Waals surface area contributed by atoms with Crippen LogP contribution in [0.2, 0.25) is 0 Å². The second-order valence-electron chi connectivity index (χ2n) is 5.15. The van der Waals surface area contributed by atoms with Crippen molar-refractivity contribution in [1.29, 1.82) is 0 Å². The van der Waals surface area contributed by atoms with Crippen LogP contribution in [-0.2, 0) is 11.3 Å². The standard InChI is InChI=1S/C14H26N4O2/c1-6-20-12(4)10-17(5)14(19)16-9-13-15-7-8-18(13)11(2)3/h7-8,11-12H,6,9-10H2,1-5H3,(H,16,19). The van der Waals surface area contributed by atoms with Crippen LogP contribution in [0, 0.1) is 0 Å². The molecule has 0 bridgehead atoms. The van der Waals surface area contributed by atoms with Crippen molar-refractivity contribution in [2.24, 2.45) is 0 Å². The quantitative estimate of drug-likeness (QED) is 0.832. The molecule has 1 aromatic rings. The van der Waals surface area contributed by atoms with Gasteiger partial charge in [0.25, 0.3) is 0 Å². The summed E-state index contributed by atoms with van der Waals surface area (Å²) in [6.07, 6.45) is 3.71. The number of likely N-dealkylation sites (N-methyl/N-ethyl adjacent to an activating group) is 1. The Morgan fingerprint density at radius 2 is 2.20 bits per heavy atom. The number of hydrogen-bond acceptors (Lipinski definition) is 3. The summed E-state index contributed by atoms with van der Waals surface area (Å²) in [6.45, 7) is 9.73. The van der Waals surface area contributed by atoms with Gasteiger partial charge in [0.15, 0.2) is 0 Å². The van der Waals surface area contributed by atoms with Gasteiger partial charge < -0.3 is 19.5 Å². The van der Waals surface area contributed by atoms with Crippen molar-refractivity contribution in [3.8, 4) is 0 Å². The average Bonchev–Trinajstić information content (AvgIpc) is 2.84. The maximum absolute atomic E-state index is 12.0. The minimum Gasteiger partial charge on any atom is -0.377 e. The van der Waals surface area contributed by atoms with E-state index in [1.807, 2.05) is 24.6 Å². The molecule has 114 valence electrons. The molecular weight excluding hydrogens is 256 g/mol. The number of hydrogen-bond donors (Lipinski definition) is 1. The van der Waals surface area contributed by atoms with Crippen molar-refractivity contribution < 1.29 is 9.53 Å². The molecule has 2 amide bonds. The molecule has 1 aromatic heterocycles. The molecule has 6 heteroatoms. The molecule has 1 rings (SSSR count). The van der Waals surface area contributed by atoms with Gasteiger partial charge in [-0.15, -0.1) is 0 Å². The minimum atomic E-state index is -0.116. The first-order valence-electron chi connectivity index (χ1n) is 7.08. The second kappa shape index (κ2) is 7.89. The Morgan fingerprint density at radius 1 is 1.50 bits per heavy atom. The van der Waals surface area contributed by atoms with Crippen LogP contribution in [-0.4, -0.2) is 46.8 Å². The second-order valence-corrected chi connectivity index (χ2v) is 5.15. The lowest BCUT2D eigenvalue weighted by Gasteiger charge is -2.22. The van der Waals surface area contributed by atoms with E-state index in [9.17, 15) is 4.79 Å². The van der Waals surface area contributed by atoms with Crippen molar-refractivity contribution in [3.63, 3.8) is 0 Å². The predicted octanol–water partition coefficient (Wildman–Crippen LogP) is 2.03. The molecule has 1 heterocycles. The lowest BCUT2D eigenvalue weighted by Crippen LogP contribution is -2.41. The average molecular weight is 282 g/mol. The number of ether oxygens (including phenoxy) is 1. The first-order valence-corrected chi connectivity index (χ1v) is 7.08. The number of aromatic nitrogens is 2. The summed E-state index contributed by atoms with van der Waals surface area (Å²) >= 11 is 0. The summed E-state index contributed by atoms with van der Waals surface area (Å²) in [5.74, 6) is 0.861. The number of nitrogens with one attached hydrogen (secondary N) is 1. The Labute approximate surface area is 121 Å². The van der Waals surface area contributed by atoms with Gasteiger partial charge in [-0.3, -0.25) is 0 Å². The minimum absolute atomic E-state index is 0.0356. The molecule has 0 radical (unpaired) electrons.